The van der Waals surface area contributed by atoms with Crippen molar-refractivity contribution in [2.24, 2.45) is 5.92 Å². The highest BCUT2D eigenvalue weighted by atomic mass is 16.2. The summed E-state index contributed by atoms with van der Waals surface area (Å²) in [5, 5.41) is 3.48. The molecule has 6 heteroatoms. The second-order valence-corrected chi connectivity index (χ2v) is 6.81. The molecule has 118 valence electrons. The van der Waals surface area contributed by atoms with Gasteiger partial charge in [-0.1, -0.05) is 0 Å². The number of hydrogen-bond donors (Lipinski definition) is 1. The van der Waals surface area contributed by atoms with Crippen LogP contribution < -0.4 is 10.2 Å². The van der Waals surface area contributed by atoms with Crippen LogP contribution in [-0.2, 0) is 11.3 Å². The van der Waals surface area contributed by atoms with Crippen molar-refractivity contribution >= 4 is 17.5 Å². The minimum atomic E-state index is 0.207. The van der Waals surface area contributed by atoms with Gasteiger partial charge in [0.25, 0.3) is 0 Å². The number of fused-ring (bicyclic) bond motifs is 1. The lowest BCUT2D eigenvalue weighted by Gasteiger charge is -2.37. The van der Waals surface area contributed by atoms with Gasteiger partial charge in [0, 0.05) is 19.6 Å². The van der Waals surface area contributed by atoms with Crippen LogP contribution in [0.2, 0.25) is 0 Å². The van der Waals surface area contributed by atoms with Gasteiger partial charge in [-0.3, -0.25) is 4.79 Å². The van der Waals surface area contributed by atoms with E-state index in [0.29, 0.717) is 19.1 Å². The molecule has 3 aliphatic rings. The van der Waals surface area contributed by atoms with Crippen molar-refractivity contribution in [2.75, 3.05) is 30.4 Å². The second kappa shape index (κ2) is 5.41. The van der Waals surface area contributed by atoms with E-state index >= 15 is 0 Å². The van der Waals surface area contributed by atoms with Crippen molar-refractivity contribution in [2.45, 2.75) is 44.7 Å². The van der Waals surface area contributed by atoms with Gasteiger partial charge in [-0.2, -0.15) is 0 Å². The molecule has 2 heterocycles. The molecule has 0 radical (unpaired) electrons. The van der Waals surface area contributed by atoms with E-state index in [4.69, 9.17) is 0 Å². The van der Waals surface area contributed by atoms with Crippen LogP contribution in [0.25, 0.3) is 0 Å². The molecule has 0 bridgehead atoms. The van der Waals surface area contributed by atoms with Crippen LogP contribution in [0.4, 0.5) is 11.6 Å². The Hall–Kier alpha value is -1.85. The number of nitrogens with zero attached hydrogens (tertiary/aromatic N) is 4. The van der Waals surface area contributed by atoms with Crippen LogP contribution in [0.3, 0.4) is 0 Å². The van der Waals surface area contributed by atoms with Crippen LogP contribution in [0, 0.1) is 5.92 Å². The fourth-order valence-corrected chi connectivity index (χ4v) is 3.25. The Kier molecular flexibility index (Phi) is 3.39. The Morgan fingerprint density at radius 2 is 2.05 bits per heavy atom. The zero-order valence-corrected chi connectivity index (χ0v) is 13.1. The zero-order valence-electron chi connectivity index (χ0n) is 13.1. The molecule has 2 fully saturated rings. The lowest BCUT2D eigenvalue weighted by molar-refractivity contribution is -0.134. The summed E-state index contributed by atoms with van der Waals surface area (Å²) in [6.45, 7) is 2.02. The van der Waals surface area contributed by atoms with Crippen molar-refractivity contribution in [3.8, 4) is 0 Å². The number of rotatable bonds is 4. The monoisotopic (exact) mass is 301 g/mol. The highest BCUT2D eigenvalue weighted by Gasteiger charge is 2.34. The SMILES string of the molecule is CN1CC(=O)N(C2CCC2)Cc2c(NCC3CC3)ncnc21. The molecule has 0 aromatic carbocycles. The van der Waals surface area contributed by atoms with Crippen molar-refractivity contribution < 1.29 is 4.79 Å². The molecule has 0 saturated heterocycles. The van der Waals surface area contributed by atoms with Crippen molar-refractivity contribution in [1.82, 2.24) is 14.9 Å². The first-order valence-corrected chi connectivity index (χ1v) is 8.30. The molecular formula is C16H23N5O. The molecule has 1 aromatic heterocycles. The van der Waals surface area contributed by atoms with Crippen LogP contribution in [0.1, 0.15) is 37.7 Å². The molecule has 1 aliphatic heterocycles. The summed E-state index contributed by atoms with van der Waals surface area (Å²) < 4.78 is 0. The Morgan fingerprint density at radius 1 is 1.23 bits per heavy atom. The van der Waals surface area contributed by atoms with Gasteiger partial charge >= 0.3 is 0 Å². The summed E-state index contributed by atoms with van der Waals surface area (Å²) in [7, 11) is 1.94. The quantitative estimate of drug-likeness (QED) is 0.916. The summed E-state index contributed by atoms with van der Waals surface area (Å²) in [6, 6.07) is 0.406. The summed E-state index contributed by atoms with van der Waals surface area (Å²) in [5.41, 5.74) is 1.07. The van der Waals surface area contributed by atoms with E-state index in [1.54, 1.807) is 6.33 Å². The number of anilines is 2. The molecule has 2 saturated carbocycles. The summed E-state index contributed by atoms with van der Waals surface area (Å²) in [6.07, 6.45) is 7.72. The molecule has 0 atom stereocenters. The topological polar surface area (TPSA) is 61.4 Å². The lowest BCUT2D eigenvalue weighted by atomic mass is 9.91. The molecule has 1 aromatic rings. The molecule has 0 unspecified atom stereocenters. The van der Waals surface area contributed by atoms with Gasteiger partial charge in [0.15, 0.2) is 0 Å². The number of carbonyl (C=O) groups is 1. The largest absolute Gasteiger partial charge is 0.369 e. The van der Waals surface area contributed by atoms with Gasteiger partial charge in [-0.15, -0.1) is 0 Å². The van der Waals surface area contributed by atoms with E-state index in [1.165, 1.54) is 19.3 Å². The number of hydrogen-bond acceptors (Lipinski definition) is 5. The fourth-order valence-electron chi connectivity index (χ4n) is 3.25. The predicted octanol–water partition coefficient (Wildman–Crippen LogP) is 1.63. The Balaban J connectivity index is 1.63. The third kappa shape index (κ3) is 2.51. The van der Waals surface area contributed by atoms with Crippen molar-refractivity contribution in [3.05, 3.63) is 11.9 Å². The van der Waals surface area contributed by atoms with Gasteiger partial charge in [-0.05, 0) is 38.0 Å². The summed E-state index contributed by atoms with van der Waals surface area (Å²) in [4.78, 5) is 25.4. The van der Waals surface area contributed by atoms with E-state index in [9.17, 15) is 4.79 Å². The van der Waals surface area contributed by atoms with Crippen LogP contribution >= 0.6 is 0 Å². The number of likely N-dealkylation sites (N-methyl/N-ethyl adjacent to an activating group) is 1. The molecule has 1 amide bonds. The Labute approximate surface area is 130 Å². The van der Waals surface area contributed by atoms with Gasteiger partial charge in [0.05, 0.1) is 18.7 Å². The zero-order chi connectivity index (χ0) is 15.1. The van der Waals surface area contributed by atoms with E-state index in [0.717, 1.165) is 42.5 Å². The minimum absolute atomic E-state index is 0.207. The van der Waals surface area contributed by atoms with Gasteiger partial charge in [0.1, 0.15) is 18.0 Å². The standard InChI is InChI=1S/C16H23N5O/c1-20-9-14(22)21(12-3-2-4-12)8-13-15(17-7-11-5-6-11)18-10-19-16(13)20/h10-12H,2-9H2,1H3,(H,17,18,19). The highest BCUT2D eigenvalue weighted by Crippen LogP contribution is 2.34. The third-order valence-electron chi connectivity index (χ3n) is 5.08. The average Bonchev–Trinajstić information content (AvgIpc) is 3.27. The highest BCUT2D eigenvalue weighted by molar-refractivity contribution is 5.84. The molecule has 4 rings (SSSR count). The maximum Gasteiger partial charge on any atom is 0.242 e. The first-order valence-electron chi connectivity index (χ1n) is 8.30. The van der Waals surface area contributed by atoms with Gasteiger partial charge < -0.3 is 15.1 Å². The normalized spacial score (nSPS) is 22.1. The number of amides is 1. The van der Waals surface area contributed by atoms with E-state index < -0.39 is 0 Å². The molecule has 0 spiro atoms. The second-order valence-electron chi connectivity index (χ2n) is 6.81. The Bertz CT molecular complexity index is 582. The van der Waals surface area contributed by atoms with E-state index in [1.807, 2.05) is 16.8 Å². The number of carbonyl (C=O) groups excluding carboxylic acids is 1. The third-order valence-corrected chi connectivity index (χ3v) is 5.08. The molecule has 2 aliphatic carbocycles. The number of aromatic nitrogens is 2. The van der Waals surface area contributed by atoms with Gasteiger partial charge in [-0.25, -0.2) is 9.97 Å². The van der Waals surface area contributed by atoms with Gasteiger partial charge in [0.2, 0.25) is 5.91 Å². The minimum Gasteiger partial charge on any atom is -0.369 e. The van der Waals surface area contributed by atoms with Crippen LogP contribution in [0.15, 0.2) is 6.33 Å². The van der Waals surface area contributed by atoms with Crippen LogP contribution in [0.5, 0.6) is 0 Å². The van der Waals surface area contributed by atoms with E-state index in [-0.39, 0.29) is 5.91 Å². The molecule has 1 N–H and O–H groups in total. The maximum atomic E-state index is 12.5. The summed E-state index contributed by atoms with van der Waals surface area (Å²) in [5.74, 6) is 2.79. The fraction of sp³-hybridized carbons (Fsp3) is 0.688. The molecule has 22 heavy (non-hydrogen) atoms. The molecule has 6 nitrogen and oxygen atoms in total. The first kappa shape index (κ1) is 13.8. The Morgan fingerprint density at radius 3 is 2.73 bits per heavy atom. The van der Waals surface area contributed by atoms with Crippen LogP contribution in [-0.4, -0.2) is 47.0 Å². The lowest BCUT2D eigenvalue weighted by Crippen LogP contribution is -2.45. The first-order chi connectivity index (χ1) is 10.7. The average molecular weight is 301 g/mol. The van der Waals surface area contributed by atoms with Crippen molar-refractivity contribution in [3.63, 3.8) is 0 Å². The predicted molar refractivity (Wildman–Crippen MR) is 84.7 cm³/mol. The number of nitrogens with one attached hydrogen (secondary N) is 1. The smallest absolute Gasteiger partial charge is 0.242 e. The van der Waals surface area contributed by atoms with E-state index in [2.05, 4.69) is 15.3 Å². The molecular weight excluding hydrogens is 278 g/mol. The van der Waals surface area contributed by atoms with Crippen molar-refractivity contribution in [1.29, 1.82) is 0 Å². The maximum absolute atomic E-state index is 12.5. The summed E-state index contributed by atoms with van der Waals surface area (Å²) >= 11 is 0.